The Morgan fingerprint density at radius 1 is 1.10 bits per heavy atom. The monoisotopic (exact) mass is 272 g/mol. The van der Waals surface area contributed by atoms with Crippen molar-refractivity contribution >= 4 is 0 Å². The molecule has 3 nitrogen and oxygen atoms in total. The average Bonchev–Trinajstić information content (AvgIpc) is 2.37. The molecule has 0 radical (unpaired) electrons. The van der Waals surface area contributed by atoms with Gasteiger partial charge >= 0.3 is 0 Å². The zero-order valence-electron chi connectivity index (χ0n) is 12.1. The molecule has 4 fully saturated rings. The lowest BCUT2D eigenvalue weighted by atomic mass is 9.51. The molecule has 0 spiro atoms. The highest BCUT2D eigenvalue weighted by Crippen LogP contribution is 2.59. The fourth-order valence-corrected chi connectivity index (χ4v) is 5.49. The Hall–Kier alpha value is -1.09. The first-order valence-electron chi connectivity index (χ1n) is 8.10. The maximum absolute atomic E-state index is 12.2. The van der Waals surface area contributed by atoms with E-state index in [2.05, 4.69) is 11.1 Å². The van der Waals surface area contributed by atoms with Gasteiger partial charge < -0.3 is 10.7 Å². The Morgan fingerprint density at radius 2 is 1.70 bits per heavy atom. The summed E-state index contributed by atoms with van der Waals surface area (Å²) >= 11 is 0. The van der Waals surface area contributed by atoms with E-state index in [1.54, 1.807) is 0 Å². The van der Waals surface area contributed by atoms with Crippen molar-refractivity contribution in [1.82, 2.24) is 4.98 Å². The second kappa shape index (κ2) is 4.45. The molecule has 4 bridgehead atoms. The van der Waals surface area contributed by atoms with Crippen LogP contribution < -0.4 is 11.3 Å². The second-order valence-corrected chi connectivity index (χ2v) is 7.44. The summed E-state index contributed by atoms with van der Waals surface area (Å²) in [6.45, 7) is 1.87. The number of hydrogen-bond donors (Lipinski definition) is 2. The van der Waals surface area contributed by atoms with Gasteiger partial charge in [0.05, 0.1) is 0 Å². The van der Waals surface area contributed by atoms with Crippen LogP contribution in [0.3, 0.4) is 0 Å². The van der Waals surface area contributed by atoms with Gasteiger partial charge in [-0.15, -0.1) is 0 Å². The lowest BCUT2D eigenvalue weighted by Gasteiger charge is -2.54. The molecule has 3 heteroatoms. The Labute approximate surface area is 120 Å². The first-order valence-corrected chi connectivity index (χ1v) is 8.10. The van der Waals surface area contributed by atoms with Gasteiger partial charge in [-0.05, 0) is 68.8 Å². The van der Waals surface area contributed by atoms with Crippen molar-refractivity contribution in [3.63, 3.8) is 0 Å². The lowest BCUT2D eigenvalue weighted by molar-refractivity contribution is -0.00422. The molecule has 0 amide bonds. The fraction of sp³-hybridized carbons (Fsp3) is 0.706. The van der Waals surface area contributed by atoms with Gasteiger partial charge in [0.2, 0.25) is 0 Å². The van der Waals surface area contributed by atoms with Crippen LogP contribution in [0.25, 0.3) is 0 Å². The summed E-state index contributed by atoms with van der Waals surface area (Å²) in [4.78, 5) is 15.3. The van der Waals surface area contributed by atoms with Crippen LogP contribution in [0.15, 0.2) is 16.9 Å². The third-order valence-electron chi connectivity index (χ3n) is 6.04. The molecular weight excluding hydrogens is 248 g/mol. The van der Waals surface area contributed by atoms with Crippen LogP contribution in [0.1, 0.15) is 62.2 Å². The van der Waals surface area contributed by atoms with Crippen LogP contribution in [-0.4, -0.2) is 4.98 Å². The van der Waals surface area contributed by atoms with Crippen molar-refractivity contribution in [3.8, 4) is 0 Å². The summed E-state index contributed by atoms with van der Waals surface area (Å²) in [5.74, 6) is 4.16. The summed E-state index contributed by atoms with van der Waals surface area (Å²) in [6.07, 6.45) is 7.01. The van der Waals surface area contributed by atoms with Gasteiger partial charge in [0, 0.05) is 23.2 Å². The van der Waals surface area contributed by atoms with Crippen molar-refractivity contribution in [2.24, 2.45) is 29.4 Å². The molecule has 0 aliphatic heterocycles. The SMILES string of the molecule is CC(N)c1ccc(C2C3CC4CC(C3)CC2C4)[nH]c1=O. The van der Waals surface area contributed by atoms with Crippen LogP contribution in [-0.2, 0) is 0 Å². The second-order valence-electron chi connectivity index (χ2n) is 7.44. The van der Waals surface area contributed by atoms with E-state index < -0.39 is 0 Å². The molecule has 4 aliphatic rings. The van der Waals surface area contributed by atoms with Crippen LogP contribution in [0.4, 0.5) is 0 Å². The van der Waals surface area contributed by atoms with E-state index in [1.165, 1.54) is 37.8 Å². The van der Waals surface area contributed by atoms with Crippen molar-refractivity contribution in [2.75, 3.05) is 0 Å². The largest absolute Gasteiger partial charge is 0.326 e. The Kier molecular flexibility index (Phi) is 2.81. The highest BCUT2D eigenvalue weighted by atomic mass is 16.1. The van der Waals surface area contributed by atoms with Gasteiger partial charge in [0.15, 0.2) is 0 Å². The van der Waals surface area contributed by atoms with Crippen LogP contribution >= 0.6 is 0 Å². The molecule has 3 N–H and O–H groups in total. The third kappa shape index (κ3) is 1.86. The van der Waals surface area contributed by atoms with Crippen molar-refractivity contribution in [2.45, 2.75) is 51.0 Å². The van der Waals surface area contributed by atoms with E-state index in [0.717, 1.165) is 23.7 Å². The molecule has 0 saturated heterocycles. The summed E-state index contributed by atoms with van der Waals surface area (Å²) < 4.78 is 0. The topological polar surface area (TPSA) is 58.9 Å². The van der Waals surface area contributed by atoms with Crippen LogP contribution in [0.5, 0.6) is 0 Å². The summed E-state index contributed by atoms with van der Waals surface area (Å²) in [7, 11) is 0. The molecule has 4 saturated carbocycles. The quantitative estimate of drug-likeness (QED) is 0.869. The lowest BCUT2D eigenvalue weighted by Crippen LogP contribution is -2.44. The van der Waals surface area contributed by atoms with E-state index in [0.29, 0.717) is 11.5 Å². The molecule has 1 aromatic heterocycles. The van der Waals surface area contributed by atoms with Gasteiger partial charge in [0.25, 0.3) is 5.56 Å². The number of aromatic nitrogens is 1. The number of H-pyrrole nitrogens is 1. The number of hydrogen-bond acceptors (Lipinski definition) is 2. The molecular formula is C17H24N2O. The minimum atomic E-state index is -0.189. The third-order valence-corrected chi connectivity index (χ3v) is 6.04. The molecule has 1 atom stereocenters. The number of nitrogens with two attached hydrogens (primary N) is 1. The number of aromatic amines is 1. The normalized spacial score (nSPS) is 40.0. The van der Waals surface area contributed by atoms with Gasteiger partial charge in [-0.3, -0.25) is 4.79 Å². The zero-order chi connectivity index (χ0) is 13.9. The number of pyridine rings is 1. The Bertz CT molecular complexity index is 547. The van der Waals surface area contributed by atoms with Gasteiger partial charge in [-0.25, -0.2) is 0 Å². The highest BCUT2D eigenvalue weighted by Gasteiger charge is 2.48. The maximum atomic E-state index is 12.2. The molecule has 0 aromatic carbocycles. The zero-order valence-corrected chi connectivity index (χ0v) is 12.1. The highest BCUT2D eigenvalue weighted by molar-refractivity contribution is 5.22. The predicted octanol–water partition coefficient (Wildman–Crippen LogP) is 2.93. The molecule has 1 unspecified atom stereocenters. The maximum Gasteiger partial charge on any atom is 0.252 e. The summed E-state index contributed by atoms with van der Waals surface area (Å²) in [5.41, 5.74) is 7.74. The molecule has 5 rings (SSSR count). The van der Waals surface area contributed by atoms with Crippen molar-refractivity contribution in [3.05, 3.63) is 33.7 Å². The van der Waals surface area contributed by atoms with Crippen LogP contribution in [0, 0.1) is 23.7 Å². The van der Waals surface area contributed by atoms with E-state index in [9.17, 15) is 4.79 Å². The number of nitrogens with one attached hydrogen (secondary N) is 1. The summed E-state index contributed by atoms with van der Waals surface area (Å²) in [6, 6.07) is 3.89. The molecule has 108 valence electrons. The number of rotatable bonds is 2. The standard InChI is InChI=1S/C17H24N2O/c1-9(18)14-2-3-15(19-17(14)20)16-12-5-10-4-11(7-12)8-13(16)6-10/h2-3,9-13,16H,4-8,18H2,1H3,(H,19,20). The minimum absolute atomic E-state index is 0.0197. The van der Waals surface area contributed by atoms with E-state index in [4.69, 9.17) is 5.73 Å². The minimum Gasteiger partial charge on any atom is -0.326 e. The van der Waals surface area contributed by atoms with E-state index in [1.807, 2.05) is 13.0 Å². The molecule has 4 aliphatic carbocycles. The average molecular weight is 272 g/mol. The van der Waals surface area contributed by atoms with Crippen molar-refractivity contribution in [1.29, 1.82) is 0 Å². The first-order chi connectivity index (χ1) is 9.61. The Morgan fingerprint density at radius 3 is 2.20 bits per heavy atom. The Balaban J connectivity index is 1.68. The summed E-state index contributed by atoms with van der Waals surface area (Å²) in [5, 5.41) is 0. The van der Waals surface area contributed by atoms with Crippen molar-refractivity contribution < 1.29 is 0 Å². The van der Waals surface area contributed by atoms with Crippen LogP contribution in [0.2, 0.25) is 0 Å². The fourth-order valence-electron chi connectivity index (χ4n) is 5.49. The smallest absolute Gasteiger partial charge is 0.252 e. The molecule has 1 aromatic rings. The molecule has 20 heavy (non-hydrogen) atoms. The predicted molar refractivity (Wildman–Crippen MR) is 79.5 cm³/mol. The van der Waals surface area contributed by atoms with Gasteiger partial charge in [-0.2, -0.15) is 0 Å². The molecule has 1 heterocycles. The van der Waals surface area contributed by atoms with E-state index >= 15 is 0 Å². The van der Waals surface area contributed by atoms with Gasteiger partial charge in [0.1, 0.15) is 0 Å². The van der Waals surface area contributed by atoms with Gasteiger partial charge in [-0.1, -0.05) is 6.07 Å². The van der Waals surface area contributed by atoms with E-state index in [-0.39, 0.29) is 11.6 Å². The first kappa shape index (κ1) is 12.6.